The van der Waals surface area contributed by atoms with Crippen LogP contribution in [0.5, 0.6) is 0 Å². The van der Waals surface area contributed by atoms with Crippen LogP contribution >= 0.6 is 11.6 Å². The second-order valence-electron chi connectivity index (χ2n) is 4.89. The number of benzene rings is 1. The molecule has 0 amide bonds. The molecule has 0 fully saturated rings. The molecule has 1 aromatic carbocycles. The van der Waals surface area contributed by atoms with Crippen LogP contribution < -0.4 is 5.73 Å². The predicted octanol–water partition coefficient (Wildman–Crippen LogP) is 3.59. The summed E-state index contributed by atoms with van der Waals surface area (Å²) in [6.45, 7) is 8.28. The summed E-state index contributed by atoms with van der Waals surface area (Å²) in [6.07, 6.45) is 0. The molecular formula is C13H18ClN3. The van der Waals surface area contributed by atoms with Gasteiger partial charge in [0.2, 0.25) is 0 Å². The van der Waals surface area contributed by atoms with Gasteiger partial charge in [-0.1, -0.05) is 32.9 Å². The molecule has 1 aromatic rings. The molecule has 0 aliphatic carbocycles. The van der Waals surface area contributed by atoms with E-state index in [0.717, 1.165) is 5.69 Å². The zero-order valence-corrected chi connectivity index (χ0v) is 11.4. The fraction of sp³-hybridized carbons (Fsp3) is 0.385. The van der Waals surface area contributed by atoms with Crippen molar-refractivity contribution in [2.24, 2.45) is 15.7 Å². The summed E-state index contributed by atoms with van der Waals surface area (Å²) in [5, 5.41) is -0.00226. The zero-order valence-electron chi connectivity index (χ0n) is 10.7. The van der Waals surface area contributed by atoms with Crippen LogP contribution in [-0.2, 0) is 5.41 Å². The van der Waals surface area contributed by atoms with Gasteiger partial charge in [0.25, 0.3) is 0 Å². The van der Waals surface area contributed by atoms with Crippen molar-refractivity contribution in [1.29, 1.82) is 0 Å². The lowest BCUT2D eigenvalue weighted by Gasteiger charge is -2.18. The molecule has 4 heteroatoms. The van der Waals surface area contributed by atoms with E-state index in [1.807, 2.05) is 12.1 Å². The highest BCUT2D eigenvalue weighted by Gasteiger charge is 2.12. The van der Waals surface area contributed by atoms with Gasteiger partial charge in [-0.3, -0.25) is 0 Å². The molecule has 0 bridgehead atoms. The van der Waals surface area contributed by atoms with Gasteiger partial charge in [0.15, 0.2) is 5.29 Å². The molecular weight excluding hydrogens is 234 g/mol. The Morgan fingerprint density at radius 2 is 1.71 bits per heavy atom. The molecule has 0 heterocycles. The van der Waals surface area contributed by atoms with Gasteiger partial charge in [-0.25, -0.2) is 9.98 Å². The minimum absolute atomic E-state index is 0.00226. The SMILES string of the molecule is CC(N=C(N)Cl)=Nc1ccc(C(C)(C)C)cc1. The number of hydrogen-bond donors (Lipinski definition) is 1. The normalized spacial score (nSPS) is 13.9. The number of nitrogens with zero attached hydrogens (tertiary/aromatic N) is 2. The van der Waals surface area contributed by atoms with Crippen LogP contribution in [0.15, 0.2) is 34.3 Å². The number of nitrogens with two attached hydrogens (primary N) is 1. The number of halogens is 1. The summed E-state index contributed by atoms with van der Waals surface area (Å²) in [4.78, 5) is 8.14. The Morgan fingerprint density at radius 1 is 1.18 bits per heavy atom. The van der Waals surface area contributed by atoms with E-state index in [4.69, 9.17) is 17.3 Å². The molecule has 0 spiro atoms. The average molecular weight is 252 g/mol. The highest BCUT2D eigenvalue weighted by atomic mass is 35.5. The van der Waals surface area contributed by atoms with Crippen LogP contribution in [0.4, 0.5) is 5.69 Å². The van der Waals surface area contributed by atoms with Gasteiger partial charge in [-0.05, 0) is 41.6 Å². The third-order valence-corrected chi connectivity index (χ3v) is 2.38. The molecule has 0 saturated carbocycles. The van der Waals surface area contributed by atoms with Crippen molar-refractivity contribution in [3.8, 4) is 0 Å². The highest BCUT2D eigenvalue weighted by Crippen LogP contribution is 2.24. The van der Waals surface area contributed by atoms with Crippen molar-refractivity contribution >= 4 is 28.4 Å². The van der Waals surface area contributed by atoms with Crippen molar-refractivity contribution in [1.82, 2.24) is 0 Å². The maximum atomic E-state index is 5.47. The molecule has 0 unspecified atom stereocenters. The van der Waals surface area contributed by atoms with E-state index in [-0.39, 0.29) is 10.7 Å². The molecule has 0 radical (unpaired) electrons. The lowest BCUT2D eigenvalue weighted by atomic mass is 9.87. The van der Waals surface area contributed by atoms with E-state index in [9.17, 15) is 0 Å². The molecule has 0 atom stereocenters. The highest BCUT2D eigenvalue weighted by molar-refractivity contribution is 6.65. The largest absolute Gasteiger partial charge is 0.374 e. The molecule has 3 nitrogen and oxygen atoms in total. The van der Waals surface area contributed by atoms with E-state index in [1.54, 1.807) is 6.92 Å². The Labute approximate surface area is 107 Å². The van der Waals surface area contributed by atoms with Crippen LogP contribution in [-0.4, -0.2) is 11.1 Å². The Hall–Kier alpha value is -1.35. The van der Waals surface area contributed by atoms with E-state index < -0.39 is 0 Å². The minimum atomic E-state index is -0.00226. The van der Waals surface area contributed by atoms with Crippen LogP contribution in [0.25, 0.3) is 0 Å². The number of aliphatic imine (C=N–C) groups is 2. The first-order valence-corrected chi connectivity index (χ1v) is 5.82. The van der Waals surface area contributed by atoms with E-state index in [0.29, 0.717) is 5.84 Å². The number of rotatable bonds is 1. The summed E-state index contributed by atoms with van der Waals surface area (Å²) < 4.78 is 0. The summed E-state index contributed by atoms with van der Waals surface area (Å²) in [6, 6.07) is 8.06. The maximum Gasteiger partial charge on any atom is 0.194 e. The second-order valence-corrected chi connectivity index (χ2v) is 5.28. The van der Waals surface area contributed by atoms with Crippen molar-refractivity contribution in [3.05, 3.63) is 29.8 Å². The molecule has 92 valence electrons. The molecule has 0 aliphatic rings. The van der Waals surface area contributed by atoms with Gasteiger partial charge in [-0.15, -0.1) is 0 Å². The minimum Gasteiger partial charge on any atom is -0.374 e. The van der Waals surface area contributed by atoms with Crippen LogP contribution in [0.1, 0.15) is 33.3 Å². The summed E-state index contributed by atoms with van der Waals surface area (Å²) in [5.41, 5.74) is 7.53. The van der Waals surface area contributed by atoms with Gasteiger partial charge in [0.05, 0.1) is 5.69 Å². The Morgan fingerprint density at radius 3 is 2.12 bits per heavy atom. The standard InChI is InChI=1S/C13H18ClN3/c1-9(17-12(14)15)16-11-7-5-10(6-8-11)13(2,3)4/h5-8H,1-4H3,(H2,15,16,17). The molecule has 0 saturated heterocycles. The first-order chi connectivity index (χ1) is 7.79. The van der Waals surface area contributed by atoms with E-state index >= 15 is 0 Å². The van der Waals surface area contributed by atoms with Crippen molar-refractivity contribution in [2.75, 3.05) is 0 Å². The maximum absolute atomic E-state index is 5.47. The Balaban J connectivity index is 2.93. The van der Waals surface area contributed by atoms with Gasteiger partial charge < -0.3 is 5.73 Å². The molecule has 1 rings (SSSR count). The molecule has 0 aromatic heterocycles. The Kier molecular flexibility index (Phi) is 4.29. The summed E-state index contributed by atoms with van der Waals surface area (Å²) >= 11 is 5.47. The van der Waals surface area contributed by atoms with E-state index in [2.05, 4.69) is 42.9 Å². The number of hydrogen-bond acceptors (Lipinski definition) is 1. The van der Waals surface area contributed by atoms with Crippen LogP contribution in [0, 0.1) is 0 Å². The monoisotopic (exact) mass is 251 g/mol. The fourth-order valence-electron chi connectivity index (χ4n) is 1.40. The summed E-state index contributed by atoms with van der Waals surface area (Å²) in [7, 11) is 0. The first kappa shape index (κ1) is 13.7. The first-order valence-electron chi connectivity index (χ1n) is 5.44. The topological polar surface area (TPSA) is 50.7 Å². The molecule has 0 aliphatic heterocycles. The average Bonchev–Trinajstić information content (AvgIpc) is 2.15. The van der Waals surface area contributed by atoms with Crippen molar-refractivity contribution < 1.29 is 0 Å². The zero-order chi connectivity index (χ0) is 13.1. The van der Waals surface area contributed by atoms with Crippen LogP contribution in [0.2, 0.25) is 0 Å². The lowest BCUT2D eigenvalue weighted by Crippen LogP contribution is -2.10. The van der Waals surface area contributed by atoms with Gasteiger partial charge in [-0.2, -0.15) is 0 Å². The van der Waals surface area contributed by atoms with E-state index in [1.165, 1.54) is 5.56 Å². The van der Waals surface area contributed by atoms with Crippen LogP contribution in [0.3, 0.4) is 0 Å². The second kappa shape index (κ2) is 5.32. The smallest absolute Gasteiger partial charge is 0.194 e. The fourth-order valence-corrected chi connectivity index (χ4v) is 1.52. The van der Waals surface area contributed by atoms with Gasteiger partial charge in [0.1, 0.15) is 5.84 Å². The summed E-state index contributed by atoms with van der Waals surface area (Å²) in [5.74, 6) is 0.543. The van der Waals surface area contributed by atoms with Crippen molar-refractivity contribution in [3.63, 3.8) is 0 Å². The predicted molar refractivity (Wildman–Crippen MR) is 75.4 cm³/mol. The molecule has 17 heavy (non-hydrogen) atoms. The van der Waals surface area contributed by atoms with Crippen molar-refractivity contribution in [2.45, 2.75) is 33.1 Å². The molecule has 2 N–H and O–H groups in total. The number of amidine groups is 2. The third kappa shape index (κ3) is 4.57. The third-order valence-electron chi connectivity index (χ3n) is 2.29. The quantitative estimate of drug-likeness (QED) is 0.463. The lowest BCUT2D eigenvalue weighted by molar-refractivity contribution is 0.590. The van der Waals surface area contributed by atoms with Gasteiger partial charge in [0, 0.05) is 0 Å². The van der Waals surface area contributed by atoms with Gasteiger partial charge >= 0.3 is 0 Å². The Bertz CT molecular complexity index is 435.